The maximum atomic E-state index is 5.83. The van der Waals surface area contributed by atoms with Crippen LogP contribution in [0.25, 0.3) is 0 Å². The quantitative estimate of drug-likeness (QED) is 0.772. The van der Waals surface area contributed by atoms with Crippen LogP contribution in [0, 0.1) is 13.8 Å². The molecule has 112 valence electrons. The van der Waals surface area contributed by atoms with Gasteiger partial charge in [0.2, 0.25) is 0 Å². The Balaban J connectivity index is 1.69. The molecular formula is C17H27NO2. The van der Waals surface area contributed by atoms with Crippen LogP contribution < -0.4 is 4.74 Å². The molecule has 0 radical (unpaired) electrons. The second-order valence-electron chi connectivity index (χ2n) is 5.96. The SMILES string of the molecule is Cc1ccc(OCCCN2C[C@H](C)O[C@@H](C)C2)cc1C. The van der Waals surface area contributed by atoms with E-state index in [9.17, 15) is 0 Å². The van der Waals surface area contributed by atoms with Crippen LogP contribution in [0.15, 0.2) is 18.2 Å². The Bertz CT molecular complexity index is 423. The Morgan fingerprint density at radius 2 is 1.85 bits per heavy atom. The molecule has 0 aliphatic carbocycles. The molecule has 1 aliphatic heterocycles. The molecular weight excluding hydrogens is 250 g/mol. The van der Waals surface area contributed by atoms with Crippen molar-refractivity contribution in [1.82, 2.24) is 4.90 Å². The van der Waals surface area contributed by atoms with E-state index >= 15 is 0 Å². The first-order valence-corrected chi connectivity index (χ1v) is 7.62. The number of hydrogen-bond acceptors (Lipinski definition) is 3. The minimum absolute atomic E-state index is 0.347. The van der Waals surface area contributed by atoms with Gasteiger partial charge in [-0.25, -0.2) is 0 Å². The highest BCUT2D eigenvalue weighted by Crippen LogP contribution is 2.17. The summed E-state index contributed by atoms with van der Waals surface area (Å²) in [5, 5.41) is 0. The van der Waals surface area contributed by atoms with Crippen LogP contribution in [0.1, 0.15) is 31.4 Å². The van der Waals surface area contributed by atoms with Crippen LogP contribution in [0.2, 0.25) is 0 Å². The zero-order chi connectivity index (χ0) is 14.5. The zero-order valence-corrected chi connectivity index (χ0v) is 13.2. The van der Waals surface area contributed by atoms with E-state index in [1.165, 1.54) is 11.1 Å². The molecule has 1 heterocycles. The molecule has 0 saturated carbocycles. The largest absolute Gasteiger partial charge is 0.494 e. The minimum atomic E-state index is 0.347. The van der Waals surface area contributed by atoms with E-state index in [1.54, 1.807) is 0 Å². The molecule has 2 rings (SSSR count). The summed E-state index contributed by atoms with van der Waals surface area (Å²) >= 11 is 0. The van der Waals surface area contributed by atoms with Crippen LogP contribution in [-0.4, -0.2) is 43.3 Å². The molecule has 1 aliphatic rings. The van der Waals surface area contributed by atoms with Crippen LogP contribution >= 0.6 is 0 Å². The van der Waals surface area contributed by atoms with Gasteiger partial charge in [0.1, 0.15) is 5.75 Å². The van der Waals surface area contributed by atoms with E-state index in [4.69, 9.17) is 9.47 Å². The first kappa shape index (κ1) is 15.3. The summed E-state index contributed by atoms with van der Waals surface area (Å²) in [6.45, 7) is 12.5. The number of benzene rings is 1. The molecule has 2 atom stereocenters. The van der Waals surface area contributed by atoms with Gasteiger partial charge in [0.15, 0.2) is 0 Å². The van der Waals surface area contributed by atoms with Gasteiger partial charge in [-0.2, -0.15) is 0 Å². The normalized spacial score (nSPS) is 23.8. The van der Waals surface area contributed by atoms with Crippen molar-refractivity contribution in [2.24, 2.45) is 0 Å². The van der Waals surface area contributed by atoms with Gasteiger partial charge in [0, 0.05) is 19.6 Å². The second-order valence-corrected chi connectivity index (χ2v) is 5.96. The Hall–Kier alpha value is -1.06. The summed E-state index contributed by atoms with van der Waals surface area (Å²) in [7, 11) is 0. The first-order chi connectivity index (χ1) is 9.54. The van der Waals surface area contributed by atoms with Gasteiger partial charge in [-0.1, -0.05) is 6.07 Å². The molecule has 20 heavy (non-hydrogen) atoms. The molecule has 3 heteroatoms. The zero-order valence-electron chi connectivity index (χ0n) is 13.2. The first-order valence-electron chi connectivity index (χ1n) is 7.62. The molecule has 0 spiro atoms. The maximum absolute atomic E-state index is 5.83. The maximum Gasteiger partial charge on any atom is 0.119 e. The van der Waals surface area contributed by atoms with Crippen molar-refractivity contribution in [3.8, 4) is 5.75 Å². The van der Waals surface area contributed by atoms with E-state index in [0.29, 0.717) is 12.2 Å². The molecule has 1 fully saturated rings. The number of hydrogen-bond donors (Lipinski definition) is 0. The molecule has 3 nitrogen and oxygen atoms in total. The second kappa shape index (κ2) is 7.09. The summed E-state index contributed by atoms with van der Waals surface area (Å²) in [4.78, 5) is 2.47. The predicted octanol–water partition coefficient (Wildman–Crippen LogP) is 3.18. The molecule has 1 aromatic carbocycles. The number of aryl methyl sites for hydroxylation is 2. The van der Waals surface area contributed by atoms with Crippen molar-refractivity contribution in [1.29, 1.82) is 0 Å². The van der Waals surface area contributed by atoms with Gasteiger partial charge in [0.05, 0.1) is 18.8 Å². The fraction of sp³-hybridized carbons (Fsp3) is 0.647. The van der Waals surface area contributed by atoms with Crippen LogP contribution in [-0.2, 0) is 4.74 Å². The lowest BCUT2D eigenvalue weighted by molar-refractivity contribution is -0.0686. The molecule has 0 aromatic heterocycles. The molecule has 1 aromatic rings. The highest BCUT2D eigenvalue weighted by molar-refractivity contribution is 5.33. The Kier molecular flexibility index (Phi) is 5.44. The third kappa shape index (κ3) is 4.50. The number of rotatable bonds is 5. The van der Waals surface area contributed by atoms with E-state index < -0.39 is 0 Å². The van der Waals surface area contributed by atoms with E-state index in [2.05, 4.69) is 50.8 Å². The lowest BCUT2D eigenvalue weighted by Gasteiger charge is -2.35. The van der Waals surface area contributed by atoms with Crippen molar-refractivity contribution >= 4 is 0 Å². The third-order valence-electron chi connectivity index (χ3n) is 3.86. The lowest BCUT2D eigenvalue weighted by Crippen LogP contribution is -2.45. The van der Waals surface area contributed by atoms with Crippen LogP contribution in [0.4, 0.5) is 0 Å². The number of nitrogens with zero attached hydrogens (tertiary/aromatic N) is 1. The van der Waals surface area contributed by atoms with E-state index in [1.807, 2.05) is 0 Å². The number of ether oxygens (including phenoxy) is 2. The lowest BCUT2D eigenvalue weighted by atomic mass is 10.1. The average Bonchev–Trinajstić information content (AvgIpc) is 2.38. The van der Waals surface area contributed by atoms with Gasteiger partial charge in [-0.05, 0) is 57.4 Å². The number of morpholine rings is 1. The van der Waals surface area contributed by atoms with E-state index in [0.717, 1.165) is 38.4 Å². The Morgan fingerprint density at radius 3 is 2.50 bits per heavy atom. The van der Waals surface area contributed by atoms with Crippen molar-refractivity contribution < 1.29 is 9.47 Å². The summed E-state index contributed by atoms with van der Waals surface area (Å²) in [5.41, 5.74) is 2.60. The Labute approximate surface area is 122 Å². The van der Waals surface area contributed by atoms with Crippen molar-refractivity contribution in [3.63, 3.8) is 0 Å². The smallest absolute Gasteiger partial charge is 0.119 e. The fourth-order valence-corrected chi connectivity index (χ4v) is 2.75. The highest BCUT2D eigenvalue weighted by Gasteiger charge is 2.21. The van der Waals surface area contributed by atoms with Crippen molar-refractivity contribution in [2.75, 3.05) is 26.2 Å². The van der Waals surface area contributed by atoms with Gasteiger partial charge in [-0.15, -0.1) is 0 Å². The minimum Gasteiger partial charge on any atom is -0.494 e. The molecule has 0 N–H and O–H groups in total. The highest BCUT2D eigenvalue weighted by atomic mass is 16.5. The van der Waals surface area contributed by atoms with E-state index in [-0.39, 0.29) is 0 Å². The topological polar surface area (TPSA) is 21.7 Å². The molecule has 0 unspecified atom stereocenters. The van der Waals surface area contributed by atoms with Crippen molar-refractivity contribution in [2.45, 2.75) is 46.3 Å². The van der Waals surface area contributed by atoms with Crippen LogP contribution in [0.5, 0.6) is 5.75 Å². The molecule has 0 bridgehead atoms. The molecule has 1 saturated heterocycles. The van der Waals surface area contributed by atoms with Crippen LogP contribution in [0.3, 0.4) is 0 Å². The monoisotopic (exact) mass is 277 g/mol. The summed E-state index contributed by atoms with van der Waals surface area (Å²) < 4.78 is 11.6. The van der Waals surface area contributed by atoms with Crippen molar-refractivity contribution in [3.05, 3.63) is 29.3 Å². The third-order valence-corrected chi connectivity index (χ3v) is 3.86. The summed E-state index contributed by atoms with van der Waals surface area (Å²) in [5.74, 6) is 0.983. The summed E-state index contributed by atoms with van der Waals surface area (Å²) in [6, 6.07) is 6.30. The molecule has 0 amide bonds. The predicted molar refractivity (Wildman–Crippen MR) is 82.5 cm³/mol. The average molecular weight is 277 g/mol. The van der Waals surface area contributed by atoms with Gasteiger partial charge in [0.25, 0.3) is 0 Å². The van der Waals surface area contributed by atoms with Gasteiger partial charge in [-0.3, -0.25) is 4.90 Å². The van der Waals surface area contributed by atoms with Gasteiger partial charge < -0.3 is 9.47 Å². The standard InChI is InChI=1S/C17H27NO2/c1-13-6-7-17(10-14(13)2)19-9-5-8-18-11-15(3)20-16(4)12-18/h6-7,10,15-16H,5,8-9,11-12H2,1-4H3/t15-,16-/m0/s1. The fourth-order valence-electron chi connectivity index (χ4n) is 2.75. The summed E-state index contributed by atoms with van der Waals surface area (Å²) in [6.07, 6.45) is 1.76. The van der Waals surface area contributed by atoms with Gasteiger partial charge >= 0.3 is 0 Å². The Morgan fingerprint density at radius 1 is 1.15 bits per heavy atom.